The first-order valence-corrected chi connectivity index (χ1v) is 7.62. The monoisotopic (exact) mass is 260 g/mol. The Hall–Kier alpha value is -0.860. The lowest BCUT2D eigenvalue weighted by atomic mass is 9.86. The normalized spacial score (nSPS) is 23.8. The second-order valence-electron chi connectivity index (χ2n) is 6.14. The van der Waals surface area contributed by atoms with E-state index in [0.29, 0.717) is 0 Å². The lowest BCUT2D eigenvalue weighted by Crippen LogP contribution is -2.35. The van der Waals surface area contributed by atoms with Gasteiger partial charge in [-0.1, -0.05) is 44.0 Å². The van der Waals surface area contributed by atoms with Gasteiger partial charge in [-0.05, 0) is 44.0 Å². The van der Waals surface area contributed by atoms with Gasteiger partial charge in [-0.25, -0.2) is 0 Å². The van der Waals surface area contributed by atoms with E-state index in [1.807, 2.05) is 7.05 Å². The first-order chi connectivity index (χ1) is 9.20. The van der Waals surface area contributed by atoms with E-state index in [1.165, 1.54) is 36.8 Å². The van der Waals surface area contributed by atoms with Gasteiger partial charge in [0.05, 0.1) is 0 Å². The van der Waals surface area contributed by atoms with E-state index in [0.717, 1.165) is 25.0 Å². The van der Waals surface area contributed by atoms with Crippen LogP contribution in [0.4, 0.5) is 0 Å². The van der Waals surface area contributed by atoms with Crippen molar-refractivity contribution >= 4 is 0 Å². The fraction of sp³-hybridized carbons (Fsp3) is 0.647. The van der Waals surface area contributed by atoms with Crippen LogP contribution in [0.3, 0.4) is 0 Å². The smallest absolute Gasteiger partial charge is 0.0236 e. The average Bonchev–Trinajstić information content (AvgIpc) is 2.41. The summed E-state index contributed by atoms with van der Waals surface area (Å²) in [5.74, 6) is 0.897. The molecule has 1 aliphatic carbocycles. The average molecular weight is 260 g/mol. The second kappa shape index (κ2) is 7.06. The molecule has 19 heavy (non-hydrogen) atoms. The van der Waals surface area contributed by atoms with Crippen molar-refractivity contribution in [2.45, 2.75) is 51.7 Å². The van der Waals surface area contributed by atoms with Crippen LogP contribution in [0.5, 0.6) is 0 Å². The van der Waals surface area contributed by atoms with Gasteiger partial charge in [0, 0.05) is 19.1 Å². The van der Waals surface area contributed by atoms with Crippen molar-refractivity contribution in [1.29, 1.82) is 0 Å². The highest BCUT2D eigenvalue weighted by Gasteiger charge is 2.22. The van der Waals surface area contributed by atoms with Gasteiger partial charge in [0.2, 0.25) is 0 Å². The largest absolute Gasteiger partial charge is 0.316 e. The van der Waals surface area contributed by atoms with E-state index < -0.39 is 0 Å². The molecule has 0 radical (unpaired) electrons. The molecular formula is C17H28N2. The molecule has 1 fully saturated rings. The van der Waals surface area contributed by atoms with Crippen LogP contribution >= 0.6 is 0 Å². The highest BCUT2D eigenvalue weighted by Crippen LogP contribution is 2.27. The van der Waals surface area contributed by atoms with Gasteiger partial charge in [-0.3, -0.25) is 4.90 Å². The van der Waals surface area contributed by atoms with Gasteiger partial charge in [0.25, 0.3) is 0 Å². The van der Waals surface area contributed by atoms with Crippen molar-refractivity contribution < 1.29 is 0 Å². The van der Waals surface area contributed by atoms with Crippen molar-refractivity contribution in [2.75, 3.05) is 14.1 Å². The SMILES string of the molecule is CNCc1ccccc1CN(C)C1CCCC(C)C1. The lowest BCUT2D eigenvalue weighted by molar-refractivity contribution is 0.157. The topological polar surface area (TPSA) is 15.3 Å². The summed E-state index contributed by atoms with van der Waals surface area (Å²) >= 11 is 0. The van der Waals surface area contributed by atoms with Crippen LogP contribution in [0.15, 0.2) is 24.3 Å². The van der Waals surface area contributed by atoms with Gasteiger partial charge in [0.1, 0.15) is 0 Å². The molecule has 2 unspecified atom stereocenters. The van der Waals surface area contributed by atoms with Crippen molar-refractivity contribution in [1.82, 2.24) is 10.2 Å². The van der Waals surface area contributed by atoms with Crippen LogP contribution in [-0.2, 0) is 13.1 Å². The first kappa shape index (κ1) is 14.5. The zero-order chi connectivity index (χ0) is 13.7. The molecule has 2 heteroatoms. The van der Waals surface area contributed by atoms with E-state index in [4.69, 9.17) is 0 Å². The summed E-state index contributed by atoms with van der Waals surface area (Å²) in [6.07, 6.45) is 5.55. The minimum absolute atomic E-state index is 0.770. The zero-order valence-corrected chi connectivity index (χ0v) is 12.7. The molecule has 0 amide bonds. The Balaban J connectivity index is 1.99. The van der Waals surface area contributed by atoms with Gasteiger partial charge in [0.15, 0.2) is 0 Å². The van der Waals surface area contributed by atoms with Gasteiger partial charge < -0.3 is 5.32 Å². The number of rotatable bonds is 5. The zero-order valence-electron chi connectivity index (χ0n) is 12.7. The highest BCUT2D eigenvalue weighted by atomic mass is 15.1. The third-order valence-corrected chi connectivity index (χ3v) is 4.44. The third kappa shape index (κ3) is 4.05. The summed E-state index contributed by atoms with van der Waals surface area (Å²) in [5.41, 5.74) is 2.90. The molecular weight excluding hydrogens is 232 g/mol. The molecule has 1 N–H and O–H groups in total. The molecule has 1 saturated carbocycles. The number of nitrogens with one attached hydrogen (secondary N) is 1. The predicted molar refractivity (Wildman–Crippen MR) is 82.1 cm³/mol. The van der Waals surface area contributed by atoms with Crippen molar-refractivity contribution in [2.24, 2.45) is 5.92 Å². The van der Waals surface area contributed by atoms with Gasteiger partial charge in [-0.15, -0.1) is 0 Å². The van der Waals surface area contributed by atoms with Crippen LogP contribution in [0.25, 0.3) is 0 Å². The molecule has 106 valence electrons. The number of nitrogens with zero attached hydrogens (tertiary/aromatic N) is 1. The molecule has 2 atom stereocenters. The van der Waals surface area contributed by atoms with Crippen LogP contribution in [0.1, 0.15) is 43.7 Å². The number of benzene rings is 1. The fourth-order valence-corrected chi connectivity index (χ4v) is 3.27. The Morgan fingerprint density at radius 2 is 1.95 bits per heavy atom. The molecule has 2 nitrogen and oxygen atoms in total. The van der Waals surface area contributed by atoms with E-state index in [1.54, 1.807) is 0 Å². The lowest BCUT2D eigenvalue weighted by Gasteiger charge is -2.34. The molecule has 0 bridgehead atoms. The Morgan fingerprint density at radius 3 is 2.63 bits per heavy atom. The maximum absolute atomic E-state index is 3.27. The maximum atomic E-state index is 3.27. The molecule has 1 aromatic carbocycles. The van der Waals surface area contributed by atoms with Gasteiger partial charge in [-0.2, -0.15) is 0 Å². The quantitative estimate of drug-likeness (QED) is 0.872. The first-order valence-electron chi connectivity index (χ1n) is 7.62. The second-order valence-corrected chi connectivity index (χ2v) is 6.14. The molecule has 0 spiro atoms. The molecule has 0 aliphatic heterocycles. The van der Waals surface area contributed by atoms with E-state index in [9.17, 15) is 0 Å². The standard InChI is InChI=1S/C17H28N2/c1-14-7-6-10-17(11-14)19(3)13-16-9-5-4-8-15(16)12-18-2/h4-5,8-9,14,17-18H,6-7,10-13H2,1-3H3. The van der Waals surface area contributed by atoms with Crippen molar-refractivity contribution in [3.8, 4) is 0 Å². The molecule has 0 heterocycles. The number of hydrogen-bond acceptors (Lipinski definition) is 2. The van der Waals surface area contributed by atoms with Crippen LogP contribution in [-0.4, -0.2) is 25.0 Å². The molecule has 1 aromatic rings. The molecule has 0 aromatic heterocycles. The molecule has 2 rings (SSSR count). The molecule has 0 saturated heterocycles. The van der Waals surface area contributed by atoms with Crippen LogP contribution in [0, 0.1) is 5.92 Å². The highest BCUT2D eigenvalue weighted by molar-refractivity contribution is 5.27. The summed E-state index contributed by atoms with van der Waals surface area (Å²) in [4.78, 5) is 2.56. The van der Waals surface area contributed by atoms with E-state index >= 15 is 0 Å². The minimum atomic E-state index is 0.770. The summed E-state index contributed by atoms with van der Waals surface area (Å²) < 4.78 is 0. The Labute approximate surface area is 118 Å². The summed E-state index contributed by atoms with van der Waals surface area (Å²) in [6.45, 7) is 4.44. The predicted octanol–water partition coefficient (Wildman–Crippen LogP) is 3.42. The van der Waals surface area contributed by atoms with Crippen LogP contribution in [0.2, 0.25) is 0 Å². The molecule has 1 aliphatic rings. The third-order valence-electron chi connectivity index (χ3n) is 4.44. The van der Waals surface area contributed by atoms with Crippen molar-refractivity contribution in [3.63, 3.8) is 0 Å². The Kier molecular flexibility index (Phi) is 5.41. The minimum Gasteiger partial charge on any atom is -0.316 e. The summed E-state index contributed by atoms with van der Waals surface area (Å²) in [6, 6.07) is 9.58. The van der Waals surface area contributed by atoms with Gasteiger partial charge >= 0.3 is 0 Å². The summed E-state index contributed by atoms with van der Waals surface area (Å²) in [5, 5.41) is 3.27. The Morgan fingerprint density at radius 1 is 1.21 bits per heavy atom. The van der Waals surface area contributed by atoms with Crippen molar-refractivity contribution in [3.05, 3.63) is 35.4 Å². The fourth-order valence-electron chi connectivity index (χ4n) is 3.27. The van der Waals surface area contributed by atoms with Crippen LogP contribution < -0.4 is 5.32 Å². The van der Waals surface area contributed by atoms with E-state index in [-0.39, 0.29) is 0 Å². The van der Waals surface area contributed by atoms with E-state index in [2.05, 4.69) is 48.5 Å². The Bertz CT molecular complexity index is 389. The number of hydrogen-bond donors (Lipinski definition) is 1. The summed E-state index contributed by atoms with van der Waals surface area (Å²) in [7, 11) is 4.31. The maximum Gasteiger partial charge on any atom is 0.0236 e.